The number of hydrogen-bond acceptors (Lipinski definition) is 1. The lowest BCUT2D eigenvalue weighted by molar-refractivity contribution is 0.102. The maximum absolute atomic E-state index is 15.2. The fourth-order valence-corrected chi connectivity index (χ4v) is 16.9. The van der Waals surface area contributed by atoms with E-state index in [1.54, 1.807) is 131 Å². The van der Waals surface area contributed by atoms with Gasteiger partial charge in [-0.3, -0.25) is 4.79 Å². The molecule has 0 N–H and O–H groups in total. The summed E-state index contributed by atoms with van der Waals surface area (Å²) in [5.74, 6) is 1.90. The van der Waals surface area contributed by atoms with Crippen LogP contribution in [0.1, 0.15) is 79.0 Å². The lowest BCUT2D eigenvalue weighted by Crippen LogP contribution is -2.40. The Hall–Kier alpha value is -6.05. The lowest BCUT2D eigenvalue weighted by atomic mass is 9.60. The molecule has 11 aromatic rings. The van der Waals surface area contributed by atoms with Crippen LogP contribution in [0.5, 0.6) is 0 Å². The highest BCUT2D eigenvalue weighted by Gasteiger charge is 2.60. The largest absolute Gasteiger partial charge is 0.289 e. The van der Waals surface area contributed by atoms with Crippen molar-refractivity contribution in [1.82, 2.24) is 0 Å². The molecule has 19 rings (SSSR count). The van der Waals surface area contributed by atoms with Gasteiger partial charge in [0.25, 0.3) is 0 Å². The van der Waals surface area contributed by atoms with Crippen molar-refractivity contribution < 1.29 is 4.79 Å². The van der Waals surface area contributed by atoms with Gasteiger partial charge in [0.05, 0.1) is 0 Å². The Kier molecular flexibility index (Phi) is 3.39. The molecule has 1 spiro atoms. The summed E-state index contributed by atoms with van der Waals surface area (Å²) in [5, 5.41) is 28.9. The van der Waals surface area contributed by atoms with Crippen molar-refractivity contribution in [3.63, 3.8) is 0 Å². The standard InChI is InChI=1S/C55H28O/c56-54(21-9-5-2-6-10-21)30-19-55-18-28-16-26-14-23-11-22-12-25-13-24-15-27-17-29(52(55)31(30)20-7-3-1-4-8-20)39-44-35(27)34(24)41-36(25)40-32(22)33(23)42-37(26)43-38(28)53(55)51(39)50-48(43)46(42)45(40)47(41)49(44)50/h1-13,16,19,23,27,31,33,52H,14-15,17-18H2/t23-,27?,31?,33?,52?,55?/m0/s1. The minimum Gasteiger partial charge on any atom is -0.289 e. The van der Waals surface area contributed by atoms with Gasteiger partial charge < -0.3 is 0 Å². The number of carbonyl (C=O) groups is 1. The summed E-state index contributed by atoms with van der Waals surface area (Å²) in [6, 6.07) is 29.4. The lowest BCUT2D eigenvalue weighted by Gasteiger charge is -2.42. The second-order valence-corrected chi connectivity index (χ2v) is 19.6. The third-order valence-electron chi connectivity index (χ3n) is 17.9. The molecule has 8 aliphatic carbocycles. The average molecular weight is 705 g/mol. The van der Waals surface area contributed by atoms with E-state index >= 15 is 4.79 Å². The molecule has 0 aromatic heterocycles. The molecule has 6 atom stereocenters. The van der Waals surface area contributed by atoms with Gasteiger partial charge in [0.2, 0.25) is 0 Å². The van der Waals surface area contributed by atoms with Crippen molar-refractivity contribution >= 4 is 104 Å². The molecule has 5 unspecified atom stereocenters. The van der Waals surface area contributed by atoms with Gasteiger partial charge in [-0.05, 0) is 185 Å². The molecule has 0 radical (unpaired) electrons. The third-order valence-corrected chi connectivity index (χ3v) is 17.9. The van der Waals surface area contributed by atoms with Crippen molar-refractivity contribution in [2.24, 2.45) is 11.8 Å². The van der Waals surface area contributed by atoms with Crippen LogP contribution in [0.4, 0.5) is 0 Å². The summed E-state index contributed by atoms with van der Waals surface area (Å²) in [6.45, 7) is 0. The Morgan fingerprint density at radius 3 is 2.18 bits per heavy atom. The van der Waals surface area contributed by atoms with E-state index in [0.29, 0.717) is 17.8 Å². The number of rotatable bonds is 3. The fraction of sp³-hybridized carbons (Fsp3) is 0.182. The monoisotopic (exact) mass is 704 g/mol. The van der Waals surface area contributed by atoms with Crippen LogP contribution in [0.15, 0.2) is 90.5 Å². The highest BCUT2D eigenvalue weighted by atomic mass is 16.1. The van der Waals surface area contributed by atoms with Crippen LogP contribution in [0, 0.1) is 11.8 Å². The summed E-state index contributed by atoms with van der Waals surface area (Å²) in [4.78, 5) is 15.2. The van der Waals surface area contributed by atoms with Gasteiger partial charge in [-0.15, -0.1) is 0 Å². The van der Waals surface area contributed by atoms with E-state index < -0.39 is 0 Å². The molecule has 0 amide bonds. The molecule has 8 aliphatic rings. The normalized spacial score (nSPS) is 27.5. The molecule has 0 aliphatic heterocycles. The van der Waals surface area contributed by atoms with Gasteiger partial charge in [-0.2, -0.15) is 0 Å². The zero-order valence-electron chi connectivity index (χ0n) is 30.3. The van der Waals surface area contributed by atoms with Crippen molar-refractivity contribution in [3.8, 4) is 0 Å². The Bertz CT molecular complexity index is 4070. The van der Waals surface area contributed by atoms with Crippen LogP contribution < -0.4 is 10.4 Å². The highest BCUT2D eigenvalue weighted by molar-refractivity contribution is 6.56. The maximum Gasteiger partial charge on any atom is 0.189 e. The van der Waals surface area contributed by atoms with Crippen LogP contribution in [0.2, 0.25) is 0 Å². The number of benzene rings is 8. The second-order valence-electron chi connectivity index (χ2n) is 19.6. The minimum absolute atomic E-state index is 0.00820. The van der Waals surface area contributed by atoms with Crippen molar-refractivity contribution in [2.45, 2.75) is 48.9 Å². The predicted octanol–water partition coefficient (Wildman–Crippen LogP) is 10.7. The second kappa shape index (κ2) is 7.33. The van der Waals surface area contributed by atoms with E-state index in [4.69, 9.17) is 0 Å². The summed E-state index contributed by atoms with van der Waals surface area (Å²) in [7, 11) is 0. The maximum atomic E-state index is 15.2. The molecule has 0 fully saturated rings. The number of ketones is 1. The summed E-state index contributed by atoms with van der Waals surface area (Å²) < 4.78 is 0. The highest BCUT2D eigenvalue weighted by Crippen LogP contribution is 2.72. The number of carbonyl (C=O) groups excluding carboxylic acids is 1. The first-order valence-corrected chi connectivity index (χ1v) is 21.1. The smallest absolute Gasteiger partial charge is 0.189 e. The van der Waals surface area contributed by atoms with E-state index in [-0.39, 0.29) is 23.0 Å². The van der Waals surface area contributed by atoms with Gasteiger partial charge >= 0.3 is 0 Å². The van der Waals surface area contributed by atoms with E-state index in [2.05, 4.69) is 60.7 Å². The Morgan fingerprint density at radius 2 is 1.29 bits per heavy atom. The molecule has 1 nitrogen and oxygen atoms in total. The van der Waals surface area contributed by atoms with Crippen molar-refractivity contribution in [2.75, 3.05) is 0 Å². The number of allylic oxidation sites excluding steroid dienone is 2. The van der Waals surface area contributed by atoms with Crippen LogP contribution in [0.25, 0.3) is 97.8 Å². The van der Waals surface area contributed by atoms with Gasteiger partial charge in [-0.25, -0.2) is 0 Å². The van der Waals surface area contributed by atoms with Gasteiger partial charge in [0.1, 0.15) is 0 Å². The fourth-order valence-electron chi connectivity index (χ4n) is 16.9. The number of Topliss-reactive ketones (excluding diaryl/α,β-unsaturated/α-hetero) is 1. The summed E-state index contributed by atoms with van der Waals surface area (Å²) in [5.41, 5.74) is 15.9. The Morgan fingerprint density at radius 1 is 0.571 bits per heavy atom. The number of fused-ring (bicyclic) bond motifs is 1. The van der Waals surface area contributed by atoms with Crippen LogP contribution >= 0.6 is 0 Å². The first-order chi connectivity index (χ1) is 27.7. The molecule has 11 aromatic carbocycles. The molecule has 1 heteroatoms. The summed E-state index contributed by atoms with van der Waals surface area (Å²) >= 11 is 0. The SMILES string of the molecule is O=C(C1=CC23Cc4cc5c6c7c8c9c%10c%11c(cc%12cc%13c%14c%15c%16c(c%17c2c4c6c8c%17c%16c9c%14c%12%10)=C(CC%15C%13)C3C1c1ccccc1)=C[C@@H](C5)C%117)c1ccccc1. The molecule has 0 saturated heterocycles. The first kappa shape index (κ1) is 25.9. The predicted molar refractivity (Wildman–Crippen MR) is 227 cm³/mol. The molecule has 0 bridgehead atoms. The molecular formula is C55H28O. The molecule has 254 valence electrons. The van der Waals surface area contributed by atoms with E-state index in [0.717, 1.165) is 36.8 Å². The van der Waals surface area contributed by atoms with E-state index in [1.165, 1.54) is 16.2 Å². The van der Waals surface area contributed by atoms with Crippen LogP contribution in [-0.2, 0) is 24.7 Å². The van der Waals surface area contributed by atoms with Crippen molar-refractivity contribution in [1.29, 1.82) is 0 Å². The van der Waals surface area contributed by atoms with E-state index in [1.807, 2.05) is 30.3 Å². The molecule has 56 heavy (non-hydrogen) atoms. The third kappa shape index (κ3) is 2.11. The first-order valence-electron chi connectivity index (χ1n) is 21.1. The zero-order chi connectivity index (χ0) is 35.1. The van der Waals surface area contributed by atoms with Crippen molar-refractivity contribution in [3.05, 3.63) is 151 Å². The van der Waals surface area contributed by atoms with Gasteiger partial charge in [0.15, 0.2) is 5.78 Å². The molecular weight excluding hydrogens is 677 g/mol. The quantitative estimate of drug-likeness (QED) is 0.132. The van der Waals surface area contributed by atoms with Crippen LogP contribution in [0.3, 0.4) is 0 Å². The zero-order valence-corrected chi connectivity index (χ0v) is 30.3. The van der Waals surface area contributed by atoms with Gasteiger partial charge in [-0.1, -0.05) is 90.5 Å². The molecule has 0 heterocycles. The summed E-state index contributed by atoms with van der Waals surface area (Å²) in [6.07, 6.45) is 9.65. The van der Waals surface area contributed by atoms with Crippen LogP contribution in [-0.4, -0.2) is 5.78 Å². The molecule has 0 saturated carbocycles. The average Bonchev–Trinajstić information content (AvgIpc) is 4.08. The topological polar surface area (TPSA) is 17.1 Å². The number of hydrogen-bond donors (Lipinski definition) is 0. The van der Waals surface area contributed by atoms with Gasteiger partial charge in [0, 0.05) is 34.3 Å². The van der Waals surface area contributed by atoms with E-state index in [9.17, 15) is 0 Å². The Balaban J connectivity index is 1.13. The Labute approximate surface area is 318 Å². The minimum atomic E-state index is -0.251.